The van der Waals surface area contributed by atoms with Crippen LogP contribution in [0.2, 0.25) is 5.02 Å². The van der Waals surface area contributed by atoms with Gasteiger partial charge in [-0.2, -0.15) is 0 Å². The van der Waals surface area contributed by atoms with Crippen LogP contribution in [0, 0.1) is 0 Å². The van der Waals surface area contributed by atoms with E-state index in [0.717, 1.165) is 30.3 Å². The quantitative estimate of drug-likeness (QED) is 0.869. The van der Waals surface area contributed by atoms with Gasteiger partial charge in [0.25, 0.3) is 0 Å². The lowest BCUT2D eigenvalue weighted by molar-refractivity contribution is 0.758. The molecule has 2 aromatic rings. The van der Waals surface area contributed by atoms with Crippen molar-refractivity contribution in [2.24, 2.45) is 0 Å². The number of hydrogen-bond donors (Lipinski definition) is 1. The van der Waals surface area contributed by atoms with E-state index in [9.17, 15) is 0 Å². The van der Waals surface area contributed by atoms with Crippen molar-refractivity contribution in [2.45, 2.75) is 19.8 Å². The average molecular weight is 291 g/mol. The molecular weight excluding hydrogens is 272 g/mol. The second kappa shape index (κ2) is 7.10. The Morgan fingerprint density at radius 3 is 2.85 bits per heavy atom. The monoisotopic (exact) mass is 290 g/mol. The minimum Gasteiger partial charge on any atom is -0.360 e. The average Bonchev–Trinajstić information content (AvgIpc) is 2.45. The zero-order valence-electron chi connectivity index (χ0n) is 11.8. The maximum atomic E-state index is 5.97. The molecule has 0 saturated heterocycles. The third-order valence-corrected chi connectivity index (χ3v) is 3.22. The van der Waals surface area contributed by atoms with Gasteiger partial charge in [0.15, 0.2) is 0 Å². The van der Waals surface area contributed by atoms with Gasteiger partial charge >= 0.3 is 0 Å². The molecule has 0 fully saturated rings. The van der Waals surface area contributed by atoms with Crippen LogP contribution >= 0.6 is 11.6 Å². The number of benzene rings is 1. The number of rotatable bonds is 6. The molecule has 20 heavy (non-hydrogen) atoms. The van der Waals surface area contributed by atoms with Crippen molar-refractivity contribution < 1.29 is 0 Å². The fourth-order valence-corrected chi connectivity index (χ4v) is 2.04. The van der Waals surface area contributed by atoms with E-state index in [0.29, 0.717) is 5.02 Å². The number of hydrogen-bond acceptors (Lipinski definition) is 4. The summed E-state index contributed by atoms with van der Waals surface area (Å²) in [6.07, 6.45) is 3.89. The molecule has 0 aliphatic rings. The van der Waals surface area contributed by atoms with E-state index in [2.05, 4.69) is 27.1 Å². The van der Waals surface area contributed by atoms with Crippen LogP contribution in [0.3, 0.4) is 0 Å². The van der Waals surface area contributed by atoms with Gasteiger partial charge in [-0.1, -0.05) is 31.0 Å². The van der Waals surface area contributed by atoms with Crippen LogP contribution in [0.15, 0.2) is 36.7 Å². The molecule has 0 aliphatic carbocycles. The van der Waals surface area contributed by atoms with Gasteiger partial charge in [-0.25, -0.2) is 9.97 Å². The Labute approximate surface area is 124 Å². The Kier molecular flexibility index (Phi) is 5.18. The maximum absolute atomic E-state index is 5.97. The number of aromatic nitrogens is 2. The molecule has 0 bridgehead atoms. The molecule has 0 spiro atoms. The molecule has 0 radical (unpaired) electrons. The summed E-state index contributed by atoms with van der Waals surface area (Å²) < 4.78 is 0. The number of unbranched alkanes of at least 4 members (excludes halogenated alkanes) is 1. The molecule has 2 rings (SSSR count). The van der Waals surface area contributed by atoms with E-state index >= 15 is 0 Å². The zero-order chi connectivity index (χ0) is 14.4. The van der Waals surface area contributed by atoms with Crippen molar-refractivity contribution >= 4 is 28.9 Å². The Morgan fingerprint density at radius 2 is 2.10 bits per heavy atom. The number of anilines is 3. The molecule has 0 amide bonds. The normalized spacial score (nSPS) is 10.3. The lowest BCUT2D eigenvalue weighted by Crippen LogP contribution is -2.19. The van der Waals surface area contributed by atoms with E-state index < -0.39 is 0 Å². The van der Waals surface area contributed by atoms with Crippen LogP contribution in [-0.2, 0) is 0 Å². The minimum absolute atomic E-state index is 0.698. The zero-order valence-corrected chi connectivity index (χ0v) is 12.6. The highest BCUT2D eigenvalue weighted by atomic mass is 35.5. The molecule has 0 unspecified atom stereocenters. The third-order valence-electron chi connectivity index (χ3n) is 2.99. The summed E-state index contributed by atoms with van der Waals surface area (Å²) in [7, 11) is 2.04. The Bertz CT molecular complexity index is 559. The first-order valence-corrected chi connectivity index (χ1v) is 7.12. The van der Waals surface area contributed by atoms with Gasteiger partial charge in [0, 0.05) is 30.4 Å². The van der Waals surface area contributed by atoms with Gasteiger partial charge in [-0.05, 0) is 24.6 Å². The summed E-state index contributed by atoms with van der Waals surface area (Å²) in [6.45, 7) is 3.17. The van der Waals surface area contributed by atoms with Gasteiger partial charge in [-0.3, -0.25) is 0 Å². The van der Waals surface area contributed by atoms with Crippen LogP contribution in [0.4, 0.5) is 17.3 Å². The Hall–Kier alpha value is -1.81. The first kappa shape index (κ1) is 14.6. The molecule has 1 aromatic heterocycles. The van der Waals surface area contributed by atoms with Crippen molar-refractivity contribution in [1.82, 2.24) is 9.97 Å². The Balaban J connectivity index is 2.09. The van der Waals surface area contributed by atoms with Crippen LogP contribution in [0.1, 0.15) is 19.8 Å². The molecule has 4 nitrogen and oxygen atoms in total. The molecule has 0 saturated carbocycles. The van der Waals surface area contributed by atoms with E-state index in [-0.39, 0.29) is 0 Å². The van der Waals surface area contributed by atoms with Gasteiger partial charge in [0.05, 0.1) is 0 Å². The Morgan fingerprint density at radius 1 is 1.25 bits per heavy atom. The molecule has 1 N–H and O–H groups in total. The van der Waals surface area contributed by atoms with Crippen molar-refractivity contribution in [1.29, 1.82) is 0 Å². The predicted octanol–water partition coefficient (Wildman–Crippen LogP) is 4.11. The minimum atomic E-state index is 0.698. The molecule has 1 aromatic carbocycles. The second-order valence-electron chi connectivity index (χ2n) is 4.67. The summed E-state index contributed by atoms with van der Waals surface area (Å²) in [5.41, 5.74) is 0.915. The number of halogens is 1. The van der Waals surface area contributed by atoms with Gasteiger partial charge in [0.2, 0.25) is 0 Å². The number of nitrogens with one attached hydrogen (secondary N) is 1. The van der Waals surface area contributed by atoms with Gasteiger partial charge in [0.1, 0.15) is 18.0 Å². The summed E-state index contributed by atoms with van der Waals surface area (Å²) in [6, 6.07) is 9.51. The molecule has 0 aliphatic heterocycles. The fraction of sp³-hybridized carbons (Fsp3) is 0.333. The summed E-state index contributed by atoms with van der Waals surface area (Å²) >= 11 is 5.97. The highest BCUT2D eigenvalue weighted by molar-refractivity contribution is 6.30. The molecule has 1 heterocycles. The molecular formula is C15H19ClN4. The third kappa shape index (κ3) is 4.10. The summed E-state index contributed by atoms with van der Waals surface area (Å²) in [5, 5.41) is 3.93. The highest BCUT2D eigenvalue weighted by Gasteiger charge is 2.04. The summed E-state index contributed by atoms with van der Waals surface area (Å²) in [5.74, 6) is 1.68. The van der Waals surface area contributed by atoms with Crippen LogP contribution < -0.4 is 10.2 Å². The maximum Gasteiger partial charge on any atom is 0.135 e. The topological polar surface area (TPSA) is 41.0 Å². The van der Waals surface area contributed by atoms with Crippen molar-refractivity contribution in [3.05, 3.63) is 41.7 Å². The predicted molar refractivity (Wildman–Crippen MR) is 84.9 cm³/mol. The van der Waals surface area contributed by atoms with Crippen LogP contribution in [-0.4, -0.2) is 23.6 Å². The van der Waals surface area contributed by atoms with Crippen LogP contribution in [0.5, 0.6) is 0 Å². The smallest absolute Gasteiger partial charge is 0.135 e. The standard InChI is InChI=1S/C15H19ClN4/c1-3-4-8-20(2)15-10-14(17-11-18-15)19-13-7-5-6-12(16)9-13/h5-7,9-11H,3-4,8H2,1-2H3,(H,17,18,19). The van der Waals surface area contributed by atoms with E-state index in [1.165, 1.54) is 6.42 Å². The van der Waals surface area contributed by atoms with Gasteiger partial charge in [-0.15, -0.1) is 0 Å². The number of nitrogens with zero attached hydrogens (tertiary/aromatic N) is 3. The SMILES string of the molecule is CCCCN(C)c1cc(Nc2cccc(Cl)c2)ncn1. The largest absolute Gasteiger partial charge is 0.360 e. The van der Waals surface area contributed by atoms with Crippen LogP contribution in [0.25, 0.3) is 0 Å². The van der Waals surface area contributed by atoms with E-state index in [1.807, 2.05) is 37.4 Å². The van der Waals surface area contributed by atoms with Crippen molar-refractivity contribution in [3.8, 4) is 0 Å². The van der Waals surface area contributed by atoms with E-state index in [1.54, 1.807) is 6.33 Å². The molecule has 0 atom stereocenters. The van der Waals surface area contributed by atoms with Crippen molar-refractivity contribution in [3.63, 3.8) is 0 Å². The fourth-order valence-electron chi connectivity index (χ4n) is 1.85. The van der Waals surface area contributed by atoms with Gasteiger partial charge < -0.3 is 10.2 Å². The highest BCUT2D eigenvalue weighted by Crippen LogP contribution is 2.20. The first-order valence-electron chi connectivity index (χ1n) is 6.75. The lowest BCUT2D eigenvalue weighted by atomic mass is 10.3. The van der Waals surface area contributed by atoms with E-state index in [4.69, 9.17) is 11.6 Å². The lowest BCUT2D eigenvalue weighted by Gasteiger charge is -2.18. The van der Waals surface area contributed by atoms with Crippen molar-refractivity contribution in [2.75, 3.05) is 23.8 Å². The summed E-state index contributed by atoms with van der Waals surface area (Å²) in [4.78, 5) is 10.7. The first-order chi connectivity index (χ1) is 9.69. The molecule has 106 valence electrons. The molecule has 5 heteroatoms. The second-order valence-corrected chi connectivity index (χ2v) is 5.11.